The highest BCUT2D eigenvalue weighted by Gasteiger charge is 2.06. The maximum absolute atomic E-state index is 13.3. The van der Waals surface area contributed by atoms with Crippen LogP contribution in [-0.4, -0.2) is 19.0 Å². The third kappa shape index (κ3) is 4.67. The second kappa shape index (κ2) is 7.40. The van der Waals surface area contributed by atoms with E-state index in [4.69, 9.17) is 5.73 Å². The van der Waals surface area contributed by atoms with Crippen LogP contribution < -0.4 is 16.4 Å². The van der Waals surface area contributed by atoms with Crippen LogP contribution in [0.1, 0.15) is 19.8 Å². The van der Waals surface area contributed by atoms with Crippen molar-refractivity contribution in [3.63, 3.8) is 0 Å². The molecule has 0 heterocycles. The molecule has 0 aliphatic carbocycles. The number of anilines is 2. The quantitative estimate of drug-likeness (QED) is 0.536. The van der Waals surface area contributed by atoms with E-state index in [9.17, 15) is 9.18 Å². The van der Waals surface area contributed by atoms with Gasteiger partial charge >= 0.3 is 0 Å². The van der Waals surface area contributed by atoms with E-state index in [0.29, 0.717) is 34.5 Å². The van der Waals surface area contributed by atoms with E-state index in [-0.39, 0.29) is 11.7 Å². The third-order valence-electron chi connectivity index (χ3n) is 2.33. The second-order valence-corrected chi connectivity index (χ2v) is 5.04. The number of nitrogens with two attached hydrogens (primary N) is 1. The molecule has 0 atom stereocenters. The predicted octanol–water partition coefficient (Wildman–Crippen LogP) is 2.34. The van der Waals surface area contributed by atoms with Crippen LogP contribution in [0.25, 0.3) is 0 Å². The predicted molar refractivity (Wildman–Crippen MR) is 79.9 cm³/mol. The van der Waals surface area contributed by atoms with Crippen molar-refractivity contribution in [1.29, 1.82) is 0 Å². The van der Waals surface area contributed by atoms with Crippen molar-refractivity contribution in [2.75, 3.05) is 24.1 Å². The molecule has 0 fully saturated rings. The first kappa shape index (κ1) is 15.0. The summed E-state index contributed by atoms with van der Waals surface area (Å²) in [5.74, 6) is -0.336. The molecule has 18 heavy (non-hydrogen) atoms. The van der Waals surface area contributed by atoms with Gasteiger partial charge in [0, 0.05) is 25.6 Å². The number of carbonyl (C=O) groups is 1. The van der Waals surface area contributed by atoms with E-state index >= 15 is 0 Å². The van der Waals surface area contributed by atoms with Crippen molar-refractivity contribution in [3.8, 4) is 0 Å². The number of nitrogen functional groups attached to an aromatic ring is 1. The summed E-state index contributed by atoms with van der Waals surface area (Å²) in [7, 11) is 0. The molecule has 100 valence electrons. The van der Waals surface area contributed by atoms with Crippen LogP contribution in [0.15, 0.2) is 12.1 Å². The number of halogens is 2. The number of nitrogens with one attached hydrogen (secondary N) is 2. The van der Waals surface area contributed by atoms with E-state index in [1.54, 1.807) is 6.07 Å². The fourth-order valence-corrected chi connectivity index (χ4v) is 1.87. The molecule has 1 aromatic rings. The van der Waals surface area contributed by atoms with Gasteiger partial charge in [-0.3, -0.25) is 4.79 Å². The maximum atomic E-state index is 13.3. The highest BCUT2D eigenvalue weighted by molar-refractivity contribution is 14.1. The molecule has 4 N–H and O–H groups in total. The van der Waals surface area contributed by atoms with Gasteiger partial charge in [-0.2, -0.15) is 0 Å². The Morgan fingerprint density at radius 2 is 2.17 bits per heavy atom. The average Bonchev–Trinajstić information content (AvgIpc) is 2.33. The zero-order valence-electron chi connectivity index (χ0n) is 10.2. The van der Waals surface area contributed by atoms with Crippen LogP contribution in [0.3, 0.4) is 0 Å². The van der Waals surface area contributed by atoms with Crippen LogP contribution in [0, 0.1) is 9.39 Å². The maximum Gasteiger partial charge on any atom is 0.221 e. The molecule has 0 aliphatic heterocycles. The lowest BCUT2D eigenvalue weighted by Gasteiger charge is -2.10. The molecule has 1 amide bonds. The van der Waals surface area contributed by atoms with E-state index in [0.717, 1.165) is 6.42 Å². The first-order valence-electron chi connectivity index (χ1n) is 5.79. The van der Waals surface area contributed by atoms with Crippen molar-refractivity contribution < 1.29 is 9.18 Å². The minimum atomic E-state index is -0.317. The van der Waals surface area contributed by atoms with E-state index < -0.39 is 0 Å². The Hall–Kier alpha value is -1.05. The topological polar surface area (TPSA) is 67.2 Å². The minimum Gasteiger partial charge on any atom is -0.397 e. The Bertz CT molecular complexity index is 426. The third-order valence-corrected chi connectivity index (χ3v) is 3.16. The Balaban J connectivity index is 2.44. The van der Waals surface area contributed by atoms with Gasteiger partial charge < -0.3 is 16.4 Å². The molecule has 4 nitrogen and oxygen atoms in total. The molecule has 0 radical (unpaired) electrons. The highest BCUT2D eigenvalue weighted by Crippen LogP contribution is 2.23. The summed E-state index contributed by atoms with van der Waals surface area (Å²) in [6.07, 6.45) is 1.25. The molecule has 6 heteroatoms. The lowest BCUT2D eigenvalue weighted by atomic mass is 10.2. The first-order chi connectivity index (χ1) is 8.54. The Kier molecular flexibility index (Phi) is 6.17. The normalized spacial score (nSPS) is 10.2. The molecule has 0 spiro atoms. The zero-order valence-corrected chi connectivity index (χ0v) is 12.4. The highest BCUT2D eigenvalue weighted by atomic mass is 127. The molecular weight excluding hydrogens is 348 g/mol. The smallest absolute Gasteiger partial charge is 0.221 e. The fourth-order valence-electron chi connectivity index (χ4n) is 1.38. The van der Waals surface area contributed by atoms with Crippen LogP contribution in [0.5, 0.6) is 0 Å². The summed E-state index contributed by atoms with van der Waals surface area (Å²) in [6, 6.07) is 2.91. The number of hydrogen-bond donors (Lipinski definition) is 3. The number of carbonyl (C=O) groups excluding carboxylic acids is 1. The van der Waals surface area contributed by atoms with Crippen LogP contribution in [-0.2, 0) is 4.79 Å². The number of rotatable bonds is 6. The number of amides is 1. The monoisotopic (exact) mass is 365 g/mol. The SMILES string of the molecule is CCCNC(=O)CCNc1cc(F)c(I)cc1N. The van der Waals surface area contributed by atoms with Gasteiger partial charge in [0.25, 0.3) is 0 Å². The fraction of sp³-hybridized carbons (Fsp3) is 0.417. The Morgan fingerprint density at radius 3 is 2.83 bits per heavy atom. The lowest BCUT2D eigenvalue weighted by Crippen LogP contribution is -2.26. The van der Waals surface area contributed by atoms with Gasteiger partial charge in [0.1, 0.15) is 5.82 Å². The van der Waals surface area contributed by atoms with E-state index in [1.165, 1.54) is 6.07 Å². The van der Waals surface area contributed by atoms with Gasteiger partial charge in [0.15, 0.2) is 0 Å². The molecule has 1 rings (SSSR count). The van der Waals surface area contributed by atoms with E-state index in [1.807, 2.05) is 29.5 Å². The van der Waals surface area contributed by atoms with Crippen LogP contribution in [0.2, 0.25) is 0 Å². The van der Waals surface area contributed by atoms with Gasteiger partial charge in [-0.1, -0.05) is 6.92 Å². The molecule has 0 unspecified atom stereocenters. The van der Waals surface area contributed by atoms with Crippen molar-refractivity contribution in [2.45, 2.75) is 19.8 Å². The summed E-state index contributed by atoms with van der Waals surface area (Å²) in [5.41, 5.74) is 6.76. The average molecular weight is 365 g/mol. The number of benzene rings is 1. The van der Waals surface area contributed by atoms with Crippen LogP contribution >= 0.6 is 22.6 Å². The summed E-state index contributed by atoms with van der Waals surface area (Å²) in [5, 5.41) is 5.73. The van der Waals surface area contributed by atoms with Gasteiger partial charge in [-0.05, 0) is 35.1 Å². The largest absolute Gasteiger partial charge is 0.397 e. The lowest BCUT2D eigenvalue weighted by molar-refractivity contribution is -0.120. The molecule has 0 aromatic heterocycles. The second-order valence-electron chi connectivity index (χ2n) is 3.88. The molecule has 0 aliphatic rings. The molecular formula is C12H17FIN3O. The molecule has 0 bridgehead atoms. The number of hydrogen-bond acceptors (Lipinski definition) is 3. The first-order valence-corrected chi connectivity index (χ1v) is 6.87. The van der Waals surface area contributed by atoms with Gasteiger partial charge in [-0.15, -0.1) is 0 Å². The summed E-state index contributed by atoms with van der Waals surface area (Å²) < 4.78 is 13.8. The molecule has 0 saturated heterocycles. The van der Waals surface area contributed by atoms with Gasteiger partial charge in [0.2, 0.25) is 5.91 Å². The van der Waals surface area contributed by atoms with Crippen molar-refractivity contribution >= 4 is 39.9 Å². The minimum absolute atomic E-state index is 0.0195. The summed E-state index contributed by atoms with van der Waals surface area (Å²) >= 11 is 1.88. The standard InChI is InChI=1S/C12H17FIN3O/c1-2-4-17-12(18)3-5-16-11-6-8(13)9(14)7-10(11)15/h6-7,16H,2-5,15H2,1H3,(H,17,18). The molecule has 0 saturated carbocycles. The Morgan fingerprint density at radius 1 is 1.44 bits per heavy atom. The molecule has 1 aromatic carbocycles. The van der Waals surface area contributed by atoms with Gasteiger partial charge in [-0.25, -0.2) is 4.39 Å². The Labute approximate surface area is 120 Å². The summed E-state index contributed by atoms with van der Waals surface area (Å²) in [4.78, 5) is 11.3. The van der Waals surface area contributed by atoms with Crippen molar-refractivity contribution in [2.24, 2.45) is 0 Å². The van der Waals surface area contributed by atoms with Gasteiger partial charge in [0.05, 0.1) is 14.9 Å². The van der Waals surface area contributed by atoms with Crippen molar-refractivity contribution in [3.05, 3.63) is 21.5 Å². The van der Waals surface area contributed by atoms with Crippen LogP contribution in [0.4, 0.5) is 15.8 Å². The van der Waals surface area contributed by atoms with E-state index in [2.05, 4.69) is 10.6 Å². The van der Waals surface area contributed by atoms with Crippen molar-refractivity contribution in [1.82, 2.24) is 5.32 Å². The zero-order chi connectivity index (χ0) is 13.5. The summed E-state index contributed by atoms with van der Waals surface area (Å²) in [6.45, 7) is 3.10.